The number of likely N-dealkylation sites (tertiary alicyclic amines) is 1. The molecule has 0 aliphatic carbocycles. The fraction of sp³-hybridized carbons (Fsp3) is 0.429. The smallest absolute Gasteiger partial charge is 0.329 e. The van der Waals surface area contributed by atoms with Gasteiger partial charge in [-0.3, -0.25) is 14.9 Å². The summed E-state index contributed by atoms with van der Waals surface area (Å²) in [6, 6.07) is 5.21. The number of hydrogen-bond donors (Lipinski definition) is 1. The highest BCUT2D eigenvalue weighted by Gasteiger charge is 2.44. The number of nitro groups is 1. The average Bonchev–Trinajstić information content (AvgIpc) is 2.47. The highest BCUT2D eigenvalue weighted by molar-refractivity contribution is 5.98. The van der Waals surface area contributed by atoms with Crippen molar-refractivity contribution in [3.63, 3.8) is 0 Å². The number of amides is 1. The number of nitro benzene ring substituents is 1. The van der Waals surface area contributed by atoms with Crippen molar-refractivity contribution in [1.82, 2.24) is 4.90 Å². The summed E-state index contributed by atoms with van der Waals surface area (Å²) in [6.07, 6.45) is 1.91. The van der Waals surface area contributed by atoms with E-state index >= 15 is 0 Å². The van der Waals surface area contributed by atoms with Crippen LogP contribution >= 0.6 is 0 Å². The second-order valence-corrected chi connectivity index (χ2v) is 5.30. The molecule has 2 rings (SSSR count). The van der Waals surface area contributed by atoms with Gasteiger partial charge in [0.15, 0.2) is 0 Å². The third kappa shape index (κ3) is 2.72. The number of piperidine rings is 1. The van der Waals surface area contributed by atoms with Gasteiger partial charge in [0.2, 0.25) is 0 Å². The fourth-order valence-corrected chi connectivity index (χ4v) is 2.55. The van der Waals surface area contributed by atoms with Gasteiger partial charge in [0.1, 0.15) is 5.54 Å². The number of benzene rings is 1. The molecule has 0 spiro atoms. The topological polar surface area (TPSA) is 101 Å². The van der Waals surface area contributed by atoms with Gasteiger partial charge in [-0.1, -0.05) is 0 Å². The van der Waals surface area contributed by atoms with Crippen molar-refractivity contribution in [1.29, 1.82) is 0 Å². The summed E-state index contributed by atoms with van der Waals surface area (Å²) in [5, 5.41) is 20.0. The Labute approximate surface area is 121 Å². The Hall–Kier alpha value is -2.44. The Morgan fingerprint density at radius 3 is 2.43 bits per heavy atom. The number of carboxylic acid groups (broad SMARTS) is 1. The summed E-state index contributed by atoms with van der Waals surface area (Å²) in [4.78, 5) is 35.4. The van der Waals surface area contributed by atoms with Crippen LogP contribution in [-0.4, -0.2) is 38.9 Å². The molecule has 1 unspecified atom stereocenters. The van der Waals surface area contributed by atoms with Crippen molar-refractivity contribution in [3.8, 4) is 0 Å². The van der Waals surface area contributed by atoms with Crippen molar-refractivity contribution in [2.45, 2.75) is 31.7 Å². The van der Waals surface area contributed by atoms with Crippen LogP contribution in [0.4, 0.5) is 5.69 Å². The van der Waals surface area contributed by atoms with Crippen LogP contribution in [0.5, 0.6) is 0 Å². The average molecular weight is 292 g/mol. The maximum atomic E-state index is 12.5. The minimum Gasteiger partial charge on any atom is -0.480 e. The normalized spacial score (nSPS) is 21.9. The summed E-state index contributed by atoms with van der Waals surface area (Å²) >= 11 is 0. The highest BCUT2D eigenvalue weighted by atomic mass is 16.6. The number of aliphatic carboxylic acids is 1. The van der Waals surface area contributed by atoms with E-state index < -0.39 is 22.3 Å². The molecule has 7 heteroatoms. The van der Waals surface area contributed by atoms with E-state index in [0.717, 1.165) is 12.8 Å². The molecule has 0 saturated carbocycles. The molecule has 1 atom stereocenters. The Morgan fingerprint density at radius 1 is 1.29 bits per heavy atom. The molecule has 1 aliphatic heterocycles. The largest absolute Gasteiger partial charge is 0.480 e. The third-order valence-corrected chi connectivity index (χ3v) is 3.92. The molecule has 1 aromatic rings. The van der Waals surface area contributed by atoms with Crippen LogP contribution in [0, 0.1) is 10.1 Å². The van der Waals surface area contributed by atoms with Crippen LogP contribution in [0.1, 0.15) is 36.5 Å². The SMILES string of the molecule is CC1(C(=O)O)CCCCN1C(=O)c1ccc([N+](=O)[O-])cc1. The Morgan fingerprint density at radius 2 is 1.90 bits per heavy atom. The Kier molecular flexibility index (Phi) is 3.93. The van der Waals surface area contributed by atoms with E-state index in [0.29, 0.717) is 13.0 Å². The maximum absolute atomic E-state index is 12.5. The predicted octanol–water partition coefficient (Wildman–Crippen LogP) is 2.06. The molecule has 1 N–H and O–H groups in total. The second-order valence-electron chi connectivity index (χ2n) is 5.30. The first kappa shape index (κ1) is 15.0. The highest BCUT2D eigenvalue weighted by Crippen LogP contribution is 2.30. The standard InChI is InChI=1S/C14H16N2O5/c1-14(13(18)19)8-2-3-9-15(14)12(17)10-4-6-11(7-5-10)16(20)21/h4-7H,2-3,8-9H2,1H3,(H,18,19). The number of rotatable bonds is 3. The molecule has 1 heterocycles. The molecule has 21 heavy (non-hydrogen) atoms. The lowest BCUT2D eigenvalue weighted by atomic mass is 9.88. The van der Waals surface area contributed by atoms with Crippen molar-refractivity contribution >= 4 is 17.6 Å². The van der Waals surface area contributed by atoms with Gasteiger partial charge in [0.25, 0.3) is 11.6 Å². The summed E-state index contributed by atoms with van der Waals surface area (Å²) in [6.45, 7) is 1.91. The number of carbonyl (C=O) groups is 2. The van der Waals surface area contributed by atoms with E-state index in [-0.39, 0.29) is 11.3 Å². The molecular formula is C14H16N2O5. The van der Waals surface area contributed by atoms with Gasteiger partial charge in [-0.2, -0.15) is 0 Å². The molecule has 1 aliphatic rings. The summed E-state index contributed by atoms with van der Waals surface area (Å²) in [5.41, 5.74) is -1.07. The molecule has 1 aromatic carbocycles. The van der Waals surface area contributed by atoms with Gasteiger partial charge in [0, 0.05) is 24.2 Å². The van der Waals surface area contributed by atoms with E-state index in [1.165, 1.54) is 36.1 Å². The maximum Gasteiger partial charge on any atom is 0.329 e. The monoisotopic (exact) mass is 292 g/mol. The molecule has 1 fully saturated rings. The molecule has 7 nitrogen and oxygen atoms in total. The van der Waals surface area contributed by atoms with Crippen molar-refractivity contribution in [3.05, 3.63) is 39.9 Å². The summed E-state index contributed by atoms with van der Waals surface area (Å²) in [5.74, 6) is -1.44. The van der Waals surface area contributed by atoms with Crippen molar-refractivity contribution in [2.24, 2.45) is 0 Å². The molecule has 0 bridgehead atoms. The minimum absolute atomic E-state index is 0.105. The third-order valence-electron chi connectivity index (χ3n) is 3.92. The first-order valence-electron chi connectivity index (χ1n) is 6.66. The van der Waals surface area contributed by atoms with Gasteiger partial charge in [-0.25, -0.2) is 4.79 Å². The number of hydrogen-bond acceptors (Lipinski definition) is 4. The first-order chi connectivity index (χ1) is 9.86. The number of non-ortho nitro benzene ring substituents is 1. The van der Waals surface area contributed by atoms with E-state index in [1.807, 2.05) is 0 Å². The number of carboxylic acids is 1. The van der Waals surface area contributed by atoms with E-state index in [9.17, 15) is 24.8 Å². The van der Waals surface area contributed by atoms with Crippen molar-refractivity contribution < 1.29 is 19.6 Å². The molecule has 112 valence electrons. The van der Waals surface area contributed by atoms with Crippen LogP contribution in [0.2, 0.25) is 0 Å². The van der Waals surface area contributed by atoms with Gasteiger partial charge < -0.3 is 10.0 Å². The first-order valence-corrected chi connectivity index (χ1v) is 6.66. The van der Waals surface area contributed by atoms with Crippen LogP contribution in [0.3, 0.4) is 0 Å². The van der Waals surface area contributed by atoms with E-state index in [2.05, 4.69) is 0 Å². The zero-order chi connectivity index (χ0) is 15.6. The summed E-state index contributed by atoms with van der Waals surface area (Å²) < 4.78 is 0. The van der Waals surface area contributed by atoms with Crippen LogP contribution < -0.4 is 0 Å². The van der Waals surface area contributed by atoms with Gasteiger partial charge in [0.05, 0.1) is 4.92 Å². The summed E-state index contributed by atoms with van der Waals surface area (Å²) in [7, 11) is 0. The molecule has 1 amide bonds. The quantitative estimate of drug-likeness (QED) is 0.678. The van der Waals surface area contributed by atoms with Crippen molar-refractivity contribution in [2.75, 3.05) is 6.54 Å². The zero-order valence-electron chi connectivity index (χ0n) is 11.6. The van der Waals surface area contributed by atoms with Crippen LogP contribution in [0.25, 0.3) is 0 Å². The Bertz CT molecular complexity index is 584. The molecular weight excluding hydrogens is 276 g/mol. The van der Waals surface area contributed by atoms with Gasteiger partial charge >= 0.3 is 5.97 Å². The lowest BCUT2D eigenvalue weighted by Crippen LogP contribution is -2.57. The fourth-order valence-electron chi connectivity index (χ4n) is 2.55. The number of carbonyl (C=O) groups excluding carboxylic acids is 1. The molecule has 0 aromatic heterocycles. The zero-order valence-corrected chi connectivity index (χ0v) is 11.6. The van der Waals surface area contributed by atoms with Crippen LogP contribution in [0.15, 0.2) is 24.3 Å². The second kappa shape index (κ2) is 5.51. The van der Waals surface area contributed by atoms with E-state index in [1.54, 1.807) is 0 Å². The molecule has 0 radical (unpaired) electrons. The van der Waals surface area contributed by atoms with Crippen LogP contribution in [-0.2, 0) is 4.79 Å². The predicted molar refractivity (Wildman–Crippen MR) is 74.0 cm³/mol. The molecule has 1 saturated heterocycles. The van der Waals surface area contributed by atoms with E-state index in [4.69, 9.17) is 0 Å². The minimum atomic E-state index is -1.23. The lowest BCUT2D eigenvalue weighted by molar-refractivity contribution is -0.384. The Balaban J connectivity index is 2.29. The van der Waals surface area contributed by atoms with Gasteiger partial charge in [-0.05, 0) is 38.3 Å². The van der Waals surface area contributed by atoms with Gasteiger partial charge in [-0.15, -0.1) is 0 Å². The number of nitrogens with zero attached hydrogens (tertiary/aromatic N) is 2. The lowest BCUT2D eigenvalue weighted by Gasteiger charge is -2.41.